The van der Waals surface area contributed by atoms with Crippen LogP contribution in [0.5, 0.6) is 5.88 Å². The van der Waals surface area contributed by atoms with Gasteiger partial charge in [-0.1, -0.05) is 18.2 Å². The van der Waals surface area contributed by atoms with Crippen molar-refractivity contribution in [1.29, 1.82) is 0 Å². The number of hydrogen-bond donors (Lipinski definition) is 1. The molecule has 2 aromatic heterocycles. The molecule has 0 radical (unpaired) electrons. The summed E-state index contributed by atoms with van der Waals surface area (Å²) < 4.78 is 7.28. The molecule has 1 aromatic carbocycles. The van der Waals surface area contributed by atoms with Gasteiger partial charge in [0.05, 0.1) is 29.6 Å². The molecular formula is C18H21N3O2. The second-order valence-electron chi connectivity index (χ2n) is 6.07. The third-order valence-electron chi connectivity index (χ3n) is 4.52. The van der Waals surface area contributed by atoms with Crippen molar-refractivity contribution < 1.29 is 9.84 Å². The van der Waals surface area contributed by atoms with E-state index in [4.69, 9.17) is 4.74 Å². The fourth-order valence-corrected chi connectivity index (χ4v) is 3.23. The first-order chi connectivity index (χ1) is 11.3. The highest BCUT2D eigenvalue weighted by molar-refractivity contribution is 5.95. The van der Waals surface area contributed by atoms with Crippen LogP contribution < -0.4 is 0 Å². The molecule has 5 nitrogen and oxygen atoms in total. The number of fused-ring (bicyclic) bond motifs is 2. The zero-order chi connectivity index (χ0) is 15.6. The molecule has 1 aliphatic rings. The van der Waals surface area contributed by atoms with Gasteiger partial charge in [-0.3, -0.25) is 4.90 Å². The summed E-state index contributed by atoms with van der Waals surface area (Å²) in [6.07, 6.45) is 2.96. The lowest BCUT2D eigenvalue weighted by molar-refractivity contribution is 0.0369. The number of rotatable bonds is 4. The number of ether oxygens (including phenoxy) is 1. The number of benzene rings is 1. The quantitative estimate of drug-likeness (QED) is 0.805. The van der Waals surface area contributed by atoms with E-state index in [1.807, 2.05) is 41.1 Å². The van der Waals surface area contributed by atoms with E-state index >= 15 is 0 Å². The van der Waals surface area contributed by atoms with Crippen LogP contribution in [-0.4, -0.2) is 52.4 Å². The average molecular weight is 311 g/mol. The molecule has 0 atom stereocenters. The minimum atomic E-state index is 0.320. The second-order valence-corrected chi connectivity index (χ2v) is 6.07. The first kappa shape index (κ1) is 14.5. The van der Waals surface area contributed by atoms with Crippen molar-refractivity contribution in [3.8, 4) is 5.88 Å². The smallest absolute Gasteiger partial charge is 0.200 e. The van der Waals surface area contributed by atoms with E-state index in [9.17, 15) is 5.11 Å². The maximum Gasteiger partial charge on any atom is 0.200 e. The summed E-state index contributed by atoms with van der Waals surface area (Å²) in [5.41, 5.74) is 1.82. The second kappa shape index (κ2) is 6.18. The molecule has 1 fully saturated rings. The van der Waals surface area contributed by atoms with Crippen LogP contribution in [0.2, 0.25) is 0 Å². The Morgan fingerprint density at radius 2 is 1.91 bits per heavy atom. The molecule has 0 bridgehead atoms. The minimum Gasteiger partial charge on any atom is -0.494 e. The first-order valence-corrected chi connectivity index (χ1v) is 8.19. The van der Waals surface area contributed by atoms with Crippen molar-refractivity contribution in [3.05, 3.63) is 36.5 Å². The first-order valence-electron chi connectivity index (χ1n) is 8.19. The molecule has 0 aliphatic carbocycles. The van der Waals surface area contributed by atoms with Gasteiger partial charge in [0.2, 0.25) is 5.88 Å². The topological polar surface area (TPSA) is 50.5 Å². The number of morpholine rings is 1. The predicted molar refractivity (Wildman–Crippen MR) is 90.8 cm³/mol. The molecule has 0 spiro atoms. The largest absolute Gasteiger partial charge is 0.494 e. The average Bonchev–Trinajstić information content (AvgIpc) is 2.89. The number of hydrogen-bond acceptors (Lipinski definition) is 4. The molecule has 23 heavy (non-hydrogen) atoms. The van der Waals surface area contributed by atoms with Gasteiger partial charge in [-0.05, 0) is 18.6 Å². The van der Waals surface area contributed by atoms with Gasteiger partial charge in [-0.25, -0.2) is 4.98 Å². The molecule has 120 valence electrons. The summed E-state index contributed by atoms with van der Waals surface area (Å²) in [6, 6.07) is 10.0. The van der Waals surface area contributed by atoms with Crippen LogP contribution in [0.4, 0.5) is 0 Å². The molecule has 0 saturated carbocycles. The highest BCUT2D eigenvalue weighted by Crippen LogP contribution is 2.29. The van der Waals surface area contributed by atoms with Crippen molar-refractivity contribution in [2.75, 3.05) is 32.8 Å². The van der Waals surface area contributed by atoms with Crippen molar-refractivity contribution in [3.63, 3.8) is 0 Å². The van der Waals surface area contributed by atoms with Gasteiger partial charge < -0.3 is 14.4 Å². The van der Waals surface area contributed by atoms with Crippen molar-refractivity contribution in [1.82, 2.24) is 14.5 Å². The van der Waals surface area contributed by atoms with Crippen LogP contribution in [0.1, 0.15) is 6.42 Å². The third-order valence-corrected chi connectivity index (χ3v) is 4.52. The van der Waals surface area contributed by atoms with Gasteiger partial charge in [-0.15, -0.1) is 0 Å². The summed E-state index contributed by atoms with van der Waals surface area (Å²) >= 11 is 0. The molecule has 3 heterocycles. The van der Waals surface area contributed by atoms with E-state index in [0.29, 0.717) is 5.88 Å². The molecule has 3 aromatic rings. The zero-order valence-corrected chi connectivity index (χ0v) is 13.1. The number of aryl methyl sites for hydroxylation is 1. The lowest BCUT2D eigenvalue weighted by Gasteiger charge is -2.26. The molecular weight excluding hydrogens is 290 g/mol. The Bertz CT molecular complexity index is 822. The molecule has 0 amide bonds. The normalized spacial score (nSPS) is 16.3. The third kappa shape index (κ3) is 2.90. The van der Waals surface area contributed by atoms with E-state index in [1.165, 1.54) is 0 Å². The van der Waals surface area contributed by atoms with Gasteiger partial charge in [0.25, 0.3) is 0 Å². The van der Waals surface area contributed by atoms with Gasteiger partial charge in [0.15, 0.2) is 0 Å². The van der Waals surface area contributed by atoms with Crippen LogP contribution in [0.3, 0.4) is 0 Å². The summed E-state index contributed by atoms with van der Waals surface area (Å²) in [5, 5.41) is 12.4. The number of aromatic nitrogens is 2. The molecule has 1 N–H and O–H groups in total. The van der Waals surface area contributed by atoms with Gasteiger partial charge in [0, 0.05) is 37.8 Å². The Labute approximate surface area is 135 Å². The summed E-state index contributed by atoms with van der Waals surface area (Å²) in [5.74, 6) is 0.320. The molecule has 0 unspecified atom stereocenters. The monoisotopic (exact) mass is 311 g/mol. The van der Waals surface area contributed by atoms with Crippen molar-refractivity contribution in [2.45, 2.75) is 13.0 Å². The highest BCUT2D eigenvalue weighted by Gasteiger charge is 2.12. The Morgan fingerprint density at radius 3 is 2.78 bits per heavy atom. The van der Waals surface area contributed by atoms with Gasteiger partial charge in [0.1, 0.15) is 0 Å². The fraction of sp³-hybridized carbons (Fsp3) is 0.389. The molecule has 1 saturated heterocycles. The Kier molecular flexibility index (Phi) is 3.89. The van der Waals surface area contributed by atoms with E-state index in [-0.39, 0.29) is 0 Å². The van der Waals surface area contributed by atoms with Crippen LogP contribution in [-0.2, 0) is 11.3 Å². The summed E-state index contributed by atoms with van der Waals surface area (Å²) in [4.78, 5) is 7.06. The Morgan fingerprint density at radius 1 is 1.09 bits per heavy atom. The molecule has 1 aliphatic heterocycles. The van der Waals surface area contributed by atoms with Crippen LogP contribution in [0, 0.1) is 0 Å². The fourth-order valence-electron chi connectivity index (χ4n) is 3.23. The van der Waals surface area contributed by atoms with E-state index in [1.54, 1.807) is 0 Å². The molecule has 5 heteroatoms. The summed E-state index contributed by atoms with van der Waals surface area (Å²) in [7, 11) is 0. The lowest BCUT2D eigenvalue weighted by Crippen LogP contribution is -2.37. The lowest BCUT2D eigenvalue weighted by atomic mass is 10.2. The predicted octanol–water partition coefficient (Wildman–Crippen LogP) is 2.62. The highest BCUT2D eigenvalue weighted by atomic mass is 16.5. The number of nitrogens with zero attached hydrogens (tertiary/aromatic N) is 3. The summed E-state index contributed by atoms with van der Waals surface area (Å²) in [6.45, 7) is 5.51. The van der Waals surface area contributed by atoms with E-state index in [2.05, 4.69) is 9.88 Å². The number of pyridine rings is 1. The van der Waals surface area contributed by atoms with Crippen LogP contribution >= 0.6 is 0 Å². The maximum atomic E-state index is 10.5. The number of para-hydroxylation sites is 1. The van der Waals surface area contributed by atoms with E-state index in [0.717, 1.165) is 67.6 Å². The minimum absolute atomic E-state index is 0.320. The SMILES string of the molecule is Oc1c2cc3ccccc3nc2cn1CCCN1CCOCC1. The van der Waals surface area contributed by atoms with Gasteiger partial charge in [-0.2, -0.15) is 0 Å². The van der Waals surface area contributed by atoms with Gasteiger partial charge >= 0.3 is 0 Å². The van der Waals surface area contributed by atoms with E-state index < -0.39 is 0 Å². The van der Waals surface area contributed by atoms with Crippen LogP contribution in [0.15, 0.2) is 36.5 Å². The Balaban J connectivity index is 1.52. The standard InChI is InChI=1S/C18H21N3O2/c22-18-15-12-14-4-1-2-5-16(14)19-17(15)13-21(18)7-3-6-20-8-10-23-11-9-20/h1-2,4-5,12-13,22H,3,6-11H2. The van der Waals surface area contributed by atoms with Crippen molar-refractivity contribution in [2.24, 2.45) is 0 Å². The van der Waals surface area contributed by atoms with Crippen LogP contribution in [0.25, 0.3) is 21.8 Å². The number of aromatic hydroxyl groups is 1. The van der Waals surface area contributed by atoms with Crippen molar-refractivity contribution >= 4 is 21.8 Å². The molecule has 4 rings (SSSR count). The maximum absolute atomic E-state index is 10.5. The zero-order valence-electron chi connectivity index (χ0n) is 13.1. The Hall–Kier alpha value is -2.11.